The first-order chi connectivity index (χ1) is 25.6. The normalized spacial score (nSPS) is 14.8. The zero-order chi connectivity index (χ0) is 35.1. The van der Waals surface area contributed by atoms with Crippen molar-refractivity contribution in [3.63, 3.8) is 0 Å². The fourth-order valence-corrected chi connectivity index (χ4v) is 9.48. The van der Waals surface area contributed by atoms with Crippen LogP contribution in [0.1, 0.15) is 11.1 Å². The van der Waals surface area contributed by atoms with Gasteiger partial charge in [-0.2, -0.15) is 10.5 Å². The van der Waals surface area contributed by atoms with Crippen LogP contribution in [0.3, 0.4) is 0 Å². The number of nitriles is 2. The second-order valence-electron chi connectivity index (χ2n) is 12.2. The van der Waals surface area contributed by atoms with Crippen LogP contribution in [0.15, 0.2) is 138 Å². The lowest BCUT2D eigenvalue weighted by Gasteiger charge is -2.27. The first-order valence-electron chi connectivity index (χ1n) is 16.0. The number of thioether (sulfide) groups is 2. The van der Waals surface area contributed by atoms with Gasteiger partial charge >= 0.3 is 0 Å². The lowest BCUT2D eigenvalue weighted by atomic mass is 10.1. The summed E-state index contributed by atoms with van der Waals surface area (Å²) in [6.07, 6.45) is 0. The van der Waals surface area contributed by atoms with Gasteiger partial charge in [0.2, 0.25) is 0 Å². The SMILES string of the molecule is [C-]#[N+]c1cc2c(cc1[N+]#[C-])N(c1ccc3oc4ccccc4c3c1)/C(=C1\Sc3cc(C#N)c(C#N)cc3N1c1ccc3oc4ccccc4c3c1)S2. The van der Waals surface area contributed by atoms with E-state index >= 15 is 0 Å². The highest BCUT2D eigenvalue weighted by atomic mass is 32.2. The standard InChI is InChI=1S/C42H18N6O2S2/c1-45-31-19-34-40(20-32(31)46-2)52-42(48(34)26-12-14-38-30(18-26)28-8-4-6-10-36(28)50-38)41-47(33-15-23(21-43)24(22-44)16-39(33)51-41)25-11-13-37-29(17-25)27-7-3-5-9-35(27)49-37/h3-20H/b42-41+. The molecule has 8 aromatic rings. The Hall–Kier alpha value is -7.08. The summed E-state index contributed by atoms with van der Waals surface area (Å²) in [4.78, 5) is 13.3. The second-order valence-corrected chi connectivity index (χ2v) is 14.2. The summed E-state index contributed by atoms with van der Waals surface area (Å²) in [5.74, 6) is 0. The van der Waals surface area contributed by atoms with Crippen LogP contribution in [-0.2, 0) is 0 Å². The van der Waals surface area contributed by atoms with E-state index in [1.807, 2.05) is 72.8 Å². The molecule has 0 unspecified atom stereocenters. The number of hydrogen-bond donors (Lipinski definition) is 0. The summed E-state index contributed by atoms with van der Waals surface area (Å²) < 4.78 is 12.3. The molecule has 0 fully saturated rings. The molecule has 0 bridgehead atoms. The fraction of sp³-hybridized carbons (Fsp3) is 0. The highest BCUT2D eigenvalue weighted by molar-refractivity contribution is 8.07. The molecule has 10 rings (SSSR count). The third kappa shape index (κ3) is 4.27. The number of rotatable bonds is 2. The second kappa shape index (κ2) is 11.2. The highest BCUT2D eigenvalue weighted by Crippen LogP contribution is 2.60. The molecular formula is C42H18N6O2S2. The van der Waals surface area contributed by atoms with Gasteiger partial charge in [-0.3, -0.25) is 9.69 Å². The van der Waals surface area contributed by atoms with E-state index in [9.17, 15) is 10.5 Å². The molecule has 10 heteroatoms. The Labute approximate surface area is 304 Å². The molecule has 240 valence electrons. The molecule has 0 atom stereocenters. The summed E-state index contributed by atoms with van der Waals surface area (Å²) in [5, 5.41) is 25.6. The van der Waals surface area contributed by atoms with Crippen molar-refractivity contribution in [2.24, 2.45) is 0 Å². The minimum absolute atomic E-state index is 0.272. The third-order valence-electron chi connectivity index (χ3n) is 9.36. The molecule has 0 spiro atoms. The van der Waals surface area contributed by atoms with E-state index in [0.717, 1.165) is 86.5 Å². The minimum Gasteiger partial charge on any atom is -0.456 e. The number of para-hydroxylation sites is 2. The predicted octanol–water partition coefficient (Wildman–Crippen LogP) is 12.6. The van der Waals surface area contributed by atoms with E-state index in [2.05, 4.69) is 43.8 Å². The minimum atomic E-state index is 0.272. The summed E-state index contributed by atoms with van der Waals surface area (Å²) in [7, 11) is 0. The zero-order valence-corrected chi connectivity index (χ0v) is 28.3. The van der Waals surface area contributed by atoms with E-state index in [0.29, 0.717) is 5.56 Å². The smallest absolute Gasteiger partial charge is 0.196 e. The molecule has 0 radical (unpaired) electrons. The number of furan rings is 2. The van der Waals surface area contributed by atoms with Gasteiger partial charge in [-0.1, -0.05) is 66.0 Å². The average Bonchev–Trinajstić information content (AvgIpc) is 3.95. The molecule has 2 aliphatic heterocycles. The summed E-state index contributed by atoms with van der Waals surface area (Å²) in [6, 6.07) is 39.5. The lowest BCUT2D eigenvalue weighted by Crippen LogP contribution is -2.18. The van der Waals surface area contributed by atoms with Crippen LogP contribution < -0.4 is 9.80 Å². The van der Waals surface area contributed by atoms with Crippen LogP contribution in [0, 0.1) is 35.8 Å². The van der Waals surface area contributed by atoms with Crippen molar-refractivity contribution in [2.45, 2.75) is 9.79 Å². The van der Waals surface area contributed by atoms with Gasteiger partial charge in [0.15, 0.2) is 11.4 Å². The van der Waals surface area contributed by atoms with Crippen molar-refractivity contribution in [1.82, 2.24) is 0 Å². The molecule has 0 N–H and O–H groups in total. The maximum atomic E-state index is 10.1. The Morgan fingerprint density at radius 3 is 1.52 bits per heavy atom. The van der Waals surface area contributed by atoms with Crippen LogP contribution in [-0.4, -0.2) is 0 Å². The number of fused-ring (bicyclic) bond motifs is 8. The summed E-state index contributed by atoms with van der Waals surface area (Å²) >= 11 is 3.03. The quantitative estimate of drug-likeness (QED) is 0.164. The molecule has 2 aromatic heterocycles. The molecule has 0 saturated carbocycles. The van der Waals surface area contributed by atoms with Crippen molar-refractivity contribution in [2.75, 3.05) is 9.80 Å². The Bertz CT molecular complexity index is 2900. The van der Waals surface area contributed by atoms with Gasteiger partial charge in [-0.05, 0) is 66.7 Å². The van der Waals surface area contributed by atoms with Crippen LogP contribution in [0.2, 0.25) is 0 Å². The highest BCUT2D eigenvalue weighted by Gasteiger charge is 2.38. The van der Waals surface area contributed by atoms with Gasteiger partial charge in [0.25, 0.3) is 0 Å². The molecule has 0 amide bonds. The number of nitrogens with zero attached hydrogens (tertiary/aromatic N) is 6. The van der Waals surface area contributed by atoms with Crippen molar-refractivity contribution >= 4 is 102 Å². The van der Waals surface area contributed by atoms with Gasteiger partial charge < -0.3 is 18.6 Å². The van der Waals surface area contributed by atoms with E-state index in [-0.39, 0.29) is 16.9 Å². The van der Waals surface area contributed by atoms with E-state index in [4.69, 9.17) is 22.0 Å². The van der Waals surface area contributed by atoms with Crippen LogP contribution in [0.4, 0.5) is 34.1 Å². The lowest BCUT2D eigenvalue weighted by molar-refractivity contribution is 0.668. The van der Waals surface area contributed by atoms with Crippen molar-refractivity contribution in [3.8, 4) is 12.1 Å². The predicted molar refractivity (Wildman–Crippen MR) is 205 cm³/mol. The topological polar surface area (TPSA) is 89.1 Å². The first-order valence-corrected chi connectivity index (χ1v) is 17.6. The van der Waals surface area contributed by atoms with Gasteiger partial charge in [-0.15, -0.1) is 0 Å². The van der Waals surface area contributed by atoms with E-state index in [1.54, 1.807) is 24.3 Å². The van der Waals surface area contributed by atoms with Gasteiger partial charge in [0.1, 0.15) is 44.5 Å². The van der Waals surface area contributed by atoms with Crippen LogP contribution >= 0.6 is 23.5 Å². The van der Waals surface area contributed by atoms with Gasteiger partial charge in [-0.25, -0.2) is 0 Å². The van der Waals surface area contributed by atoms with Crippen molar-refractivity contribution in [1.29, 1.82) is 10.5 Å². The van der Waals surface area contributed by atoms with Crippen LogP contribution in [0.5, 0.6) is 0 Å². The molecule has 6 aromatic carbocycles. The Morgan fingerprint density at radius 2 is 0.981 bits per heavy atom. The number of anilines is 4. The Kier molecular flexibility index (Phi) is 6.43. The molecule has 52 heavy (non-hydrogen) atoms. The van der Waals surface area contributed by atoms with Gasteiger partial charge in [0, 0.05) is 48.4 Å². The largest absolute Gasteiger partial charge is 0.456 e. The molecule has 0 saturated heterocycles. The zero-order valence-electron chi connectivity index (χ0n) is 26.7. The average molecular weight is 703 g/mol. The fourth-order valence-electron chi connectivity index (χ4n) is 7.01. The van der Waals surface area contributed by atoms with E-state index in [1.165, 1.54) is 23.5 Å². The number of benzene rings is 6. The Morgan fingerprint density at radius 1 is 0.519 bits per heavy atom. The molecule has 4 heterocycles. The van der Waals surface area contributed by atoms with Crippen molar-refractivity contribution in [3.05, 3.63) is 153 Å². The molecule has 0 aliphatic carbocycles. The Balaban J connectivity index is 1.26. The third-order valence-corrected chi connectivity index (χ3v) is 11.7. The summed E-state index contributed by atoms with van der Waals surface area (Å²) in [6.45, 7) is 15.7. The number of hydrogen-bond acceptors (Lipinski definition) is 8. The molecule has 2 aliphatic rings. The molecule has 8 nitrogen and oxygen atoms in total. The van der Waals surface area contributed by atoms with Crippen molar-refractivity contribution < 1.29 is 8.83 Å². The van der Waals surface area contributed by atoms with Crippen LogP contribution in [0.25, 0.3) is 53.6 Å². The van der Waals surface area contributed by atoms with E-state index < -0.39 is 0 Å². The molecular weight excluding hydrogens is 685 g/mol. The maximum Gasteiger partial charge on any atom is 0.196 e. The monoisotopic (exact) mass is 702 g/mol. The summed E-state index contributed by atoms with van der Waals surface area (Å²) in [5.41, 5.74) is 7.49. The first kappa shape index (κ1) is 29.8. The van der Waals surface area contributed by atoms with Gasteiger partial charge in [0.05, 0.1) is 30.0 Å². The maximum absolute atomic E-state index is 10.1.